The summed E-state index contributed by atoms with van der Waals surface area (Å²) in [6, 6.07) is 0. The van der Waals surface area contributed by atoms with Gasteiger partial charge in [0.2, 0.25) is 0 Å². The van der Waals surface area contributed by atoms with Crippen LogP contribution in [-0.2, 0) is 7.05 Å². The van der Waals surface area contributed by atoms with E-state index < -0.39 is 10.9 Å². The molecule has 0 fully saturated rings. The van der Waals surface area contributed by atoms with Crippen molar-refractivity contribution in [1.29, 1.82) is 5.41 Å². The molecule has 1 aromatic heterocycles. The Hall–Kier alpha value is -2.26. The first-order valence-electron chi connectivity index (χ1n) is 2.98. The molecular weight excluding hydrogens is 182 g/mol. The topological polar surface area (TPSA) is 135 Å². The normalized spacial score (nSPS) is 11.6. The van der Waals surface area contributed by atoms with Crippen molar-refractivity contribution in [3.63, 3.8) is 0 Å². The maximum absolute atomic E-state index is 10.2. The third-order valence-electron chi connectivity index (χ3n) is 1.21. The second-order valence-electron chi connectivity index (χ2n) is 2.00. The smallest absolute Gasteiger partial charge is 0.390 e. The summed E-state index contributed by atoms with van der Waals surface area (Å²) in [6.07, 6.45) is 0. The molecule has 2 N–H and O–H groups in total. The van der Waals surface area contributed by atoms with Crippen LogP contribution in [0.3, 0.4) is 0 Å². The first-order valence-corrected chi connectivity index (χ1v) is 2.98. The van der Waals surface area contributed by atoms with Gasteiger partial charge in [0.1, 0.15) is 5.16 Å². The first-order chi connectivity index (χ1) is 6.07. The van der Waals surface area contributed by atoms with Crippen LogP contribution in [0.5, 0.6) is 0 Å². The lowest BCUT2D eigenvalue weighted by Crippen LogP contribution is -2.34. The summed E-state index contributed by atoms with van der Waals surface area (Å²) >= 11 is 0. The molecule has 0 amide bonds. The fourth-order valence-electron chi connectivity index (χ4n) is 0.613. The van der Waals surface area contributed by atoms with Crippen LogP contribution in [0.4, 0.5) is 0 Å². The van der Waals surface area contributed by atoms with E-state index in [4.69, 9.17) is 10.6 Å². The highest BCUT2D eigenvalue weighted by Crippen LogP contribution is 1.79. The second kappa shape index (κ2) is 3.00. The van der Waals surface area contributed by atoms with Gasteiger partial charge in [-0.15, -0.1) is 0 Å². The third-order valence-corrected chi connectivity index (χ3v) is 1.21. The Labute approximate surface area is 70.3 Å². The number of tetrazole rings is 1. The summed E-state index contributed by atoms with van der Waals surface area (Å²) in [5.41, 5.74) is -0.371. The molecule has 10 nitrogen and oxygen atoms in total. The molecule has 10 heteroatoms. The Morgan fingerprint density at radius 1 is 1.77 bits per heavy atom. The zero-order valence-corrected chi connectivity index (χ0v) is 6.45. The molecule has 0 aromatic carbocycles. The Morgan fingerprint density at radius 2 is 2.38 bits per heavy atom. The maximum atomic E-state index is 10.2. The highest BCUT2D eigenvalue weighted by Gasteiger charge is 2.20. The van der Waals surface area contributed by atoms with Crippen LogP contribution in [0, 0.1) is 15.5 Å². The van der Waals surface area contributed by atoms with Gasteiger partial charge in [-0.25, -0.2) is 4.68 Å². The predicted molar refractivity (Wildman–Crippen MR) is 36.5 cm³/mol. The molecule has 0 bridgehead atoms. The summed E-state index contributed by atoms with van der Waals surface area (Å²) in [7, 11) is 1.38. The molecule has 0 aliphatic heterocycles. The number of oxime groups is 1. The molecule has 0 atom stereocenters. The van der Waals surface area contributed by atoms with Gasteiger partial charge in [-0.05, 0) is 14.8 Å². The van der Waals surface area contributed by atoms with Gasteiger partial charge in [0.05, 0.1) is 0 Å². The van der Waals surface area contributed by atoms with Crippen LogP contribution >= 0.6 is 0 Å². The Morgan fingerprint density at radius 3 is 2.69 bits per heavy atom. The molecule has 1 heterocycles. The van der Waals surface area contributed by atoms with Crippen LogP contribution in [0.2, 0.25) is 0 Å². The van der Waals surface area contributed by atoms with E-state index in [1.165, 1.54) is 7.05 Å². The van der Waals surface area contributed by atoms with Crippen LogP contribution in [-0.4, -0.2) is 35.9 Å². The van der Waals surface area contributed by atoms with Gasteiger partial charge in [-0.2, -0.15) is 0 Å². The number of nitrogens with one attached hydrogen (secondary N) is 1. The van der Waals surface area contributed by atoms with E-state index in [0.29, 0.717) is 4.68 Å². The average Bonchev–Trinajstić information content (AvgIpc) is 2.37. The molecule has 0 unspecified atom stereocenters. The van der Waals surface area contributed by atoms with E-state index in [1.54, 1.807) is 0 Å². The monoisotopic (exact) mass is 187 g/mol. The Bertz CT molecular complexity index is 413. The molecule has 0 saturated carbocycles. The minimum atomic E-state index is -0.979. The van der Waals surface area contributed by atoms with Crippen molar-refractivity contribution in [2.75, 3.05) is 0 Å². The zero-order valence-electron chi connectivity index (χ0n) is 6.45. The van der Waals surface area contributed by atoms with Crippen LogP contribution in [0.15, 0.2) is 5.16 Å². The Balaban J connectivity index is 3.30. The summed E-state index contributed by atoms with van der Waals surface area (Å²) in [5, 5.41) is 34.6. The van der Waals surface area contributed by atoms with Gasteiger partial charge in [-0.3, -0.25) is 5.41 Å². The van der Waals surface area contributed by atoms with Crippen molar-refractivity contribution in [1.82, 2.24) is 19.8 Å². The molecule has 70 valence electrons. The molecule has 0 aliphatic rings. The quantitative estimate of drug-likeness (QED) is 0.158. The summed E-state index contributed by atoms with van der Waals surface area (Å²) in [5.74, 6) is -0.974. The van der Waals surface area contributed by atoms with Crippen molar-refractivity contribution in [3.8, 4) is 0 Å². The average molecular weight is 187 g/mol. The number of nitro groups is 1. The fourth-order valence-corrected chi connectivity index (χ4v) is 0.613. The standard InChI is InChI=1S/C3H5N7O3/c1-8-2(4)9(7-6-8)3(5-11)10(12)13/h4,11H,1H3/b4-2?,5-3-. The van der Waals surface area contributed by atoms with Crippen molar-refractivity contribution >= 4 is 5.96 Å². The maximum Gasteiger partial charge on any atom is 0.501 e. The van der Waals surface area contributed by atoms with Gasteiger partial charge >= 0.3 is 11.6 Å². The molecule has 1 rings (SSSR count). The summed E-state index contributed by atoms with van der Waals surface area (Å²) < 4.78 is 1.47. The summed E-state index contributed by atoms with van der Waals surface area (Å²) in [4.78, 5) is 9.25. The Kier molecular flexibility index (Phi) is 2.04. The molecule has 0 radical (unpaired) electrons. The molecule has 0 aliphatic carbocycles. The zero-order chi connectivity index (χ0) is 10.0. The lowest BCUT2D eigenvalue weighted by atomic mass is 10.9. The molecule has 1 aromatic rings. The van der Waals surface area contributed by atoms with Crippen molar-refractivity contribution in [3.05, 3.63) is 15.7 Å². The van der Waals surface area contributed by atoms with Gasteiger partial charge < -0.3 is 15.3 Å². The van der Waals surface area contributed by atoms with Crippen molar-refractivity contribution in [2.45, 2.75) is 0 Å². The highest BCUT2D eigenvalue weighted by atomic mass is 16.6. The summed E-state index contributed by atoms with van der Waals surface area (Å²) in [6.45, 7) is 0. The number of nitrogens with zero attached hydrogens (tertiary/aromatic N) is 6. The van der Waals surface area contributed by atoms with Gasteiger partial charge in [0.25, 0.3) is 0 Å². The molecule has 0 saturated heterocycles. The SMILES string of the molecule is Cn1nnn(/C(=N/O)[N+](=O)[O-])c1=N. The van der Waals surface area contributed by atoms with Crippen LogP contribution < -0.4 is 5.62 Å². The van der Waals surface area contributed by atoms with E-state index in [2.05, 4.69) is 15.6 Å². The van der Waals surface area contributed by atoms with E-state index >= 15 is 0 Å². The molecule has 13 heavy (non-hydrogen) atoms. The van der Waals surface area contributed by atoms with Crippen molar-refractivity contribution in [2.24, 2.45) is 12.2 Å². The minimum absolute atomic E-state index is 0.371. The van der Waals surface area contributed by atoms with E-state index in [9.17, 15) is 10.1 Å². The minimum Gasteiger partial charge on any atom is -0.390 e. The lowest BCUT2D eigenvalue weighted by Gasteiger charge is -1.92. The first kappa shape index (κ1) is 8.83. The largest absolute Gasteiger partial charge is 0.501 e. The number of hydrogen-bond acceptors (Lipinski definition) is 7. The predicted octanol–water partition coefficient (Wildman–Crippen LogP) is -2.03. The third kappa shape index (κ3) is 1.36. The molecule has 0 spiro atoms. The van der Waals surface area contributed by atoms with Gasteiger partial charge in [-0.1, -0.05) is 0 Å². The number of aryl methyl sites for hydroxylation is 1. The molecular formula is C3H5N7O3. The fraction of sp³-hybridized carbons (Fsp3) is 0.333. The lowest BCUT2D eigenvalue weighted by molar-refractivity contribution is -0.358. The van der Waals surface area contributed by atoms with Crippen molar-refractivity contribution < 1.29 is 10.1 Å². The van der Waals surface area contributed by atoms with E-state index in [0.717, 1.165) is 4.68 Å². The number of rotatable bonds is 0. The number of hydrogen-bond donors (Lipinski definition) is 2. The van der Waals surface area contributed by atoms with E-state index in [1.807, 2.05) is 0 Å². The van der Waals surface area contributed by atoms with Gasteiger partial charge in [0, 0.05) is 12.3 Å². The van der Waals surface area contributed by atoms with E-state index in [-0.39, 0.29) is 5.62 Å². The number of aromatic nitrogens is 4. The highest BCUT2D eigenvalue weighted by molar-refractivity contribution is 5.71. The van der Waals surface area contributed by atoms with Crippen LogP contribution in [0.1, 0.15) is 0 Å². The van der Waals surface area contributed by atoms with Crippen LogP contribution in [0.25, 0.3) is 0 Å². The van der Waals surface area contributed by atoms with Gasteiger partial charge in [0.15, 0.2) is 0 Å². The second-order valence-corrected chi connectivity index (χ2v) is 2.00.